The lowest BCUT2D eigenvalue weighted by atomic mass is 9.77. The third-order valence-corrected chi connectivity index (χ3v) is 6.08. The van der Waals surface area contributed by atoms with Gasteiger partial charge in [-0.3, -0.25) is 4.79 Å². The summed E-state index contributed by atoms with van der Waals surface area (Å²) >= 11 is 6.52. The highest BCUT2D eigenvalue weighted by Crippen LogP contribution is 2.38. The molecule has 1 aliphatic rings. The maximum atomic E-state index is 12.4. The van der Waals surface area contributed by atoms with E-state index < -0.39 is 24.3 Å². The largest absolute Gasteiger partial charge is 0.498 e. The molecule has 1 N–H and O–H groups in total. The maximum absolute atomic E-state index is 12.4. The molecule has 0 radical (unpaired) electrons. The van der Waals surface area contributed by atoms with Crippen molar-refractivity contribution in [3.63, 3.8) is 0 Å². The van der Waals surface area contributed by atoms with E-state index in [4.69, 9.17) is 30.4 Å². The van der Waals surface area contributed by atoms with Gasteiger partial charge < -0.3 is 23.8 Å². The summed E-state index contributed by atoms with van der Waals surface area (Å²) < 4.78 is 22.0. The molecule has 0 amide bonds. The van der Waals surface area contributed by atoms with Crippen LogP contribution in [0.4, 0.5) is 0 Å². The molecule has 2 aromatic rings. The molecule has 7 nitrogen and oxygen atoms in total. The Labute approximate surface area is 175 Å². The molecule has 1 fully saturated rings. The number of carbonyl (C=O) groups excluding carboxylic acids is 2. The molecular weight excluding hydrogens is 396 g/mol. The number of esters is 2. The summed E-state index contributed by atoms with van der Waals surface area (Å²) in [7, 11) is 1.92. The summed E-state index contributed by atoms with van der Waals surface area (Å²) in [5.41, 5.74) is 1.07. The molecule has 29 heavy (non-hydrogen) atoms. The molecule has 0 atom stereocenters. The first kappa shape index (κ1) is 21.7. The molecule has 9 heteroatoms. The average molecular weight is 422 g/mol. The van der Waals surface area contributed by atoms with Gasteiger partial charge in [-0.1, -0.05) is 17.7 Å². The Bertz CT molecular complexity index is 952. The molecule has 2 heterocycles. The summed E-state index contributed by atoms with van der Waals surface area (Å²) in [6.45, 7) is 7.82. The fourth-order valence-electron chi connectivity index (χ4n) is 3.37. The van der Waals surface area contributed by atoms with Crippen LogP contribution in [0.15, 0.2) is 12.1 Å². The van der Waals surface area contributed by atoms with Crippen molar-refractivity contribution in [1.29, 1.82) is 0 Å². The van der Waals surface area contributed by atoms with Crippen molar-refractivity contribution < 1.29 is 28.4 Å². The Balaban J connectivity index is 2.15. The van der Waals surface area contributed by atoms with E-state index in [1.54, 1.807) is 6.07 Å². The van der Waals surface area contributed by atoms with E-state index in [1.807, 2.05) is 33.8 Å². The van der Waals surface area contributed by atoms with Gasteiger partial charge in [-0.15, -0.1) is 0 Å². The van der Waals surface area contributed by atoms with Crippen LogP contribution in [0.5, 0.6) is 0 Å². The first-order valence-electron chi connectivity index (χ1n) is 9.36. The van der Waals surface area contributed by atoms with Gasteiger partial charge in [0.05, 0.1) is 25.4 Å². The Morgan fingerprint density at radius 2 is 1.72 bits per heavy atom. The summed E-state index contributed by atoms with van der Waals surface area (Å²) in [4.78, 5) is 27.2. The summed E-state index contributed by atoms with van der Waals surface area (Å²) in [6, 6.07) is 3.54. The number of hydrogen-bond donors (Lipinski definition) is 1. The molecule has 1 aromatic heterocycles. The fourth-order valence-corrected chi connectivity index (χ4v) is 3.62. The Morgan fingerprint density at radius 1 is 1.10 bits per heavy atom. The number of carbonyl (C=O) groups is 2. The van der Waals surface area contributed by atoms with Crippen molar-refractivity contribution in [3.05, 3.63) is 28.4 Å². The summed E-state index contributed by atoms with van der Waals surface area (Å²) in [6.07, 6.45) is 0.434. The second-order valence-electron chi connectivity index (χ2n) is 8.02. The highest BCUT2D eigenvalue weighted by Gasteiger charge is 2.53. The number of methoxy groups -OCH3 is 2. The number of rotatable bonds is 5. The predicted octanol–water partition coefficient (Wildman–Crippen LogP) is 3.01. The number of ether oxygens (including phenoxy) is 2. The monoisotopic (exact) mass is 421 g/mol. The highest BCUT2D eigenvalue weighted by molar-refractivity contribution is 6.68. The Hall–Kier alpha value is -2.03. The average Bonchev–Trinajstić information content (AvgIpc) is 3.12. The lowest BCUT2D eigenvalue weighted by Gasteiger charge is -2.32. The zero-order valence-corrected chi connectivity index (χ0v) is 18.2. The Morgan fingerprint density at radius 3 is 2.28 bits per heavy atom. The van der Waals surface area contributed by atoms with E-state index in [-0.39, 0.29) is 18.1 Å². The molecule has 0 spiro atoms. The van der Waals surface area contributed by atoms with Gasteiger partial charge >= 0.3 is 19.1 Å². The van der Waals surface area contributed by atoms with Crippen LogP contribution < -0.4 is 5.46 Å². The van der Waals surface area contributed by atoms with Gasteiger partial charge in [0.15, 0.2) is 0 Å². The number of halogens is 1. The van der Waals surface area contributed by atoms with Crippen molar-refractivity contribution >= 4 is 47.0 Å². The van der Waals surface area contributed by atoms with E-state index in [1.165, 1.54) is 14.2 Å². The molecule has 156 valence electrons. The van der Waals surface area contributed by atoms with Crippen molar-refractivity contribution in [2.45, 2.75) is 51.7 Å². The van der Waals surface area contributed by atoms with E-state index in [0.717, 1.165) is 5.39 Å². The van der Waals surface area contributed by atoms with Crippen molar-refractivity contribution in [2.24, 2.45) is 0 Å². The van der Waals surface area contributed by atoms with Crippen LogP contribution in [0.25, 0.3) is 10.9 Å². The van der Waals surface area contributed by atoms with Gasteiger partial charge in [0.1, 0.15) is 5.69 Å². The van der Waals surface area contributed by atoms with Crippen LogP contribution in [0.1, 0.15) is 50.2 Å². The molecule has 0 saturated carbocycles. The number of hydrogen-bond acceptors (Lipinski definition) is 6. The number of nitrogens with one attached hydrogen (secondary N) is 1. The second-order valence-corrected chi connectivity index (χ2v) is 8.43. The first-order valence-corrected chi connectivity index (χ1v) is 9.74. The van der Waals surface area contributed by atoms with Crippen LogP contribution in [0.3, 0.4) is 0 Å². The lowest BCUT2D eigenvalue weighted by Crippen LogP contribution is -2.41. The maximum Gasteiger partial charge on any atom is 0.498 e. The SMILES string of the molecule is COC(=O)CCc1c(C(=O)OC)[nH]c2c(B3OC(C)(C)C(C)(C)O3)c(Cl)ccc12. The molecule has 1 aliphatic heterocycles. The standard InChI is InChI=1S/C20H25BClNO6/c1-19(2)20(3,4)29-21(28-19)15-13(22)9-7-11-12(8-10-14(24)26-5)17(18(25)27-6)23-16(11)15/h7,9,23H,8,10H2,1-6H3. The zero-order valence-electron chi connectivity index (χ0n) is 17.5. The normalized spacial score (nSPS) is 17.6. The minimum Gasteiger partial charge on any atom is -0.469 e. The molecule has 0 unspecified atom stereocenters. The van der Waals surface area contributed by atoms with Crippen LogP contribution in [0, 0.1) is 0 Å². The number of aryl methyl sites for hydroxylation is 1. The van der Waals surface area contributed by atoms with Crippen molar-refractivity contribution in [1.82, 2.24) is 4.98 Å². The molecule has 0 aliphatic carbocycles. The topological polar surface area (TPSA) is 86.9 Å². The van der Waals surface area contributed by atoms with Gasteiger partial charge in [0.25, 0.3) is 0 Å². The predicted molar refractivity (Wildman–Crippen MR) is 111 cm³/mol. The van der Waals surface area contributed by atoms with Crippen LogP contribution in [0.2, 0.25) is 5.02 Å². The van der Waals surface area contributed by atoms with Crippen LogP contribution in [-0.2, 0) is 30.0 Å². The Kier molecular flexibility index (Phi) is 5.73. The van der Waals surface area contributed by atoms with Crippen molar-refractivity contribution in [3.8, 4) is 0 Å². The first-order chi connectivity index (χ1) is 13.5. The summed E-state index contributed by atoms with van der Waals surface area (Å²) in [5, 5.41) is 1.21. The molecule has 0 bridgehead atoms. The van der Waals surface area contributed by atoms with E-state index in [0.29, 0.717) is 28.0 Å². The van der Waals surface area contributed by atoms with Gasteiger partial charge in [0, 0.05) is 27.8 Å². The third kappa shape index (κ3) is 3.76. The van der Waals surface area contributed by atoms with Gasteiger partial charge in [0.2, 0.25) is 0 Å². The molecule has 3 rings (SSSR count). The smallest absolute Gasteiger partial charge is 0.469 e. The second kappa shape index (κ2) is 7.67. The number of aromatic amines is 1. The van der Waals surface area contributed by atoms with Crippen LogP contribution in [-0.4, -0.2) is 49.5 Å². The number of H-pyrrole nitrogens is 1. The molecule has 1 saturated heterocycles. The molecular formula is C20H25BClNO6. The minimum absolute atomic E-state index is 0.127. The van der Waals surface area contributed by atoms with Gasteiger partial charge in [-0.2, -0.15) is 0 Å². The van der Waals surface area contributed by atoms with E-state index in [9.17, 15) is 9.59 Å². The quantitative estimate of drug-likeness (QED) is 0.590. The minimum atomic E-state index is -0.714. The van der Waals surface area contributed by atoms with Crippen molar-refractivity contribution in [2.75, 3.05) is 14.2 Å². The third-order valence-electron chi connectivity index (χ3n) is 5.75. The molecule has 1 aromatic carbocycles. The van der Waals surface area contributed by atoms with Gasteiger partial charge in [-0.05, 0) is 45.7 Å². The van der Waals surface area contributed by atoms with E-state index in [2.05, 4.69) is 4.98 Å². The highest BCUT2D eigenvalue weighted by atomic mass is 35.5. The number of benzene rings is 1. The zero-order chi connectivity index (χ0) is 21.6. The van der Waals surface area contributed by atoms with E-state index >= 15 is 0 Å². The van der Waals surface area contributed by atoms with Crippen LogP contribution >= 0.6 is 11.6 Å². The fraction of sp³-hybridized carbons (Fsp3) is 0.500. The summed E-state index contributed by atoms with van der Waals surface area (Å²) in [5.74, 6) is -0.896. The number of fused-ring (bicyclic) bond motifs is 1. The lowest BCUT2D eigenvalue weighted by molar-refractivity contribution is -0.140. The van der Waals surface area contributed by atoms with Gasteiger partial charge in [-0.25, -0.2) is 4.79 Å². The number of aromatic nitrogens is 1.